The van der Waals surface area contributed by atoms with E-state index < -0.39 is 10.4 Å². The summed E-state index contributed by atoms with van der Waals surface area (Å²) in [4.78, 5) is 0. The van der Waals surface area contributed by atoms with Crippen molar-refractivity contribution in [3.63, 3.8) is 0 Å². The molecule has 0 unspecified atom stereocenters. The predicted octanol–water partition coefficient (Wildman–Crippen LogP) is -1.72. The van der Waals surface area contributed by atoms with Crippen molar-refractivity contribution in [2.75, 3.05) is 0 Å². The van der Waals surface area contributed by atoms with Crippen molar-refractivity contribution in [3.8, 4) is 0 Å². The first-order valence-corrected chi connectivity index (χ1v) is 2.00. The van der Waals surface area contributed by atoms with Crippen LogP contribution in [0, 0.1) is 0 Å². The Bertz CT molecular complexity index is 94.9. The van der Waals surface area contributed by atoms with E-state index in [-0.39, 0.29) is 41.0 Å². The molecule has 0 heterocycles. The van der Waals surface area contributed by atoms with Gasteiger partial charge in [0.25, 0.3) is 0 Å². The molecule has 0 saturated carbocycles. The second-order valence-corrected chi connectivity index (χ2v) is 1.22. The number of hydrogen-bond acceptors (Lipinski definition) is 4. The van der Waals surface area contributed by atoms with Crippen molar-refractivity contribution in [1.29, 1.82) is 0 Å². The van der Waals surface area contributed by atoms with Gasteiger partial charge in [0.15, 0.2) is 0 Å². The topological polar surface area (TPSA) is 80.3 Å². The molecule has 7 heteroatoms. The van der Waals surface area contributed by atoms with Crippen molar-refractivity contribution < 1.29 is 34.6 Å². The van der Waals surface area contributed by atoms with E-state index in [2.05, 4.69) is 0 Å². The maximum atomic E-state index is 8.52. The van der Waals surface area contributed by atoms with Crippen LogP contribution in [0.1, 0.15) is 0 Å². The Labute approximate surface area is 68.7 Å². The number of hydrogen-bond donors (Lipinski definition) is 0. The smallest absolute Gasteiger partial charge is 0.759 e. The third-order valence-corrected chi connectivity index (χ3v) is 0. The third-order valence-electron chi connectivity index (χ3n) is 0. The molecule has 0 atom stereocenters. The quantitative estimate of drug-likeness (QED) is 0.298. The molecule has 0 aliphatic heterocycles. The number of rotatable bonds is 0. The summed E-state index contributed by atoms with van der Waals surface area (Å²) in [6.07, 6.45) is 0. The SMILES string of the molecule is O=S(=O)([O-])[O-].[Mn].[Sn+2]. The van der Waals surface area contributed by atoms with Crippen LogP contribution < -0.4 is 0 Å². The van der Waals surface area contributed by atoms with Gasteiger partial charge in [0, 0.05) is 27.5 Å². The van der Waals surface area contributed by atoms with Gasteiger partial charge in [-0.1, -0.05) is 0 Å². The Balaban J connectivity index is -0.0000000800. The van der Waals surface area contributed by atoms with E-state index in [4.69, 9.17) is 17.5 Å². The summed E-state index contributed by atoms with van der Waals surface area (Å²) in [5, 5.41) is 0. The minimum Gasteiger partial charge on any atom is -0.759 e. The molecule has 0 saturated heterocycles. The van der Waals surface area contributed by atoms with E-state index in [1.807, 2.05) is 0 Å². The molecule has 0 aromatic rings. The molecule has 7 heavy (non-hydrogen) atoms. The van der Waals surface area contributed by atoms with Crippen LogP contribution in [0.4, 0.5) is 0 Å². The largest absolute Gasteiger partial charge is 2.00 e. The molecule has 0 rings (SSSR count). The van der Waals surface area contributed by atoms with Crippen molar-refractivity contribution in [3.05, 3.63) is 0 Å². The van der Waals surface area contributed by atoms with Gasteiger partial charge in [0.05, 0.1) is 0 Å². The predicted molar refractivity (Wildman–Crippen MR) is 16.2 cm³/mol. The van der Waals surface area contributed by atoms with Gasteiger partial charge < -0.3 is 9.11 Å². The van der Waals surface area contributed by atoms with Crippen LogP contribution in [0.2, 0.25) is 0 Å². The fourth-order valence-electron chi connectivity index (χ4n) is 0. The molecule has 0 aliphatic carbocycles. The molecule has 0 aromatic carbocycles. The van der Waals surface area contributed by atoms with Crippen LogP contribution in [0.15, 0.2) is 0 Å². The summed E-state index contributed by atoms with van der Waals surface area (Å²) in [5.41, 5.74) is 0. The summed E-state index contributed by atoms with van der Waals surface area (Å²) in [7, 11) is -5.17. The molecule has 0 fully saturated rings. The first-order valence-electron chi connectivity index (χ1n) is 0.667. The molecular formula is MnO4SSn. The molecule has 4 nitrogen and oxygen atoms in total. The van der Waals surface area contributed by atoms with E-state index in [1.165, 1.54) is 0 Å². The second kappa shape index (κ2) is 5.33. The van der Waals surface area contributed by atoms with E-state index >= 15 is 0 Å². The van der Waals surface area contributed by atoms with Gasteiger partial charge >= 0.3 is 23.9 Å². The Morgan fingerprint density at radius 1 is 1.14 bits per heavy atom. The molecular weight excluding hydrogens is 270 g/mol. The monoisotopic (exact) mass is 271 g/mol. The van der Waals surface area contributed by atoms with Gasteiger partial charge in [-0.2, -0.15) is 0 Å². The fraction of sp³-hybridized carbons (Fsp3) is 0. The molecule has 0 spiro atoms. The summed E-state index contributed by atoms with van der Waals surface area (Å²) in [5.74, 6) is 0. The molecule has 0 bridgehead atoms. The molecule has 41 valence electrons. The first kappa shape index (κ1) is 15.7. The van der Waals surface area contributed by atoms with Gasteiger partial charge in [-0.15, -0.1) is 0 Å². The van der Waals surface area contributed by atoms with Crippen LogP contribution in [0.3, 0.4) is 0 Å². The standard InChI is InChI=1S/Mn.H2O4S.Sn/c;1-5(2,3)4;/h;(H2,1,2,3,4);/q;;+2/p-2. The van der Waals surface area contributed by atoms with E-state index in [0.29, 0.717) is 0 Å². The first-order chi connectivity index (χ1) is 2.00. The maximum absolute atomic E-state index is 8.52. The van der Waals surface area contributed by atoms with Gasteiger partial charge in [0.1, 0.15) is 0 Å². The molecule has 0 aromatic heterocycles. The van der Waals surface area contributed by atoms with Crippen molar-refractivity contribution in [2.24, 2.45) is 0 Å². The van der Waals surface area contributed by atoms with Crippen molar-refractivity contribution >= 4 is 34.3 Å². The summed E-state index contributed by atoms with van der Waals surface area (Å²) in [6, 6.07) is 0. The van der Waals surface area contributed by atoms with Crippen LogP contribution in [0.5, 0.6) is 0 Å². The van der Waals surface area contributed by atoms with Crippen LogP contribution >= 0.6 is 0 Å². The van der Waals surface area contributed by atoms with E-state index in [9.17, 15) is 0 Å². The Hall–Kier alpha value is 1.19. The fourth-order valence-corrected chi connectivity index (χ4v) is 0. The van der Waals surface area contributed by atoms with Crippen molar-refractivity contribution in [1.82, 2.24) is 0 Å². The summed E-state index contributed by atoms with van der Waals surface area (Å²) < 4.78 is 34.1. The summed E-state index contributed by atoms with van der Waals surface area (Å²) in [6.45, 7) is 0. The van der Waals surface area contributed by atoms with Gasteiger partial charge in [-0.25, -0.2) is 0 Å². The third kappa shape index (κ3) is 137. The Morgan fingerprint density at radius 2 is 1.14 bits per heavy atom. The molecule has 3 radical (unpaired) electrons. The molecule has 0 aliphatic rings. The second-order valence-electron chi connectivity index (χ2n) is 0.408. The van der Waals surface area contributed by atoms with E-state index in [0.717, 1.165) is 0 Å². The zero-order valence-electron chi connectivity index (χ0n) is 2.92. The average Bonchev–Trinajstić information content (AvgIpc) is 0.722. The molecule has 0 N–H and O–H groups in total. The Morgan fingerprint density at radius 3 is 1.14 bits per heavy atom. The van der Waals surface area contributed by atoms with Crippen LogP contribution in [0.25, 0.3) is 0 Å². The normalized spacial score (nSPS) is 8.29. The maximum Gasteiger partial charge on any atom is 2.00 e. The van der Waals surface area contributed by atoms with Gasteiger partial charge in [0.2, 0.25) is 0 Å². The van der Waals surface area contributed by atoms with Crippen molar-refractivity contribution in [2.45, 2.75) is 0 Å². The summed E-state index contributed by atoms with van der Waals surface area (Å²) >= 11 is 0. The van der Waals surface area contributed by atoms with Gasteiger partial charge in [-0.05, 0) is 0 Å². The Kier molecular flexibility index (Phi) is 12.0. The van der Waals surface area contributed by atoms with E-state index in [1.54, 1.807) is 0 Å². The zero-order chi connectivity index (χ0) is 4.50. The average molecular weight is 270 g/mol. The molecule has 0 amide bonds. The van der Waals surface area contributed by atoms with Crippen LogP contribution in [-0.4, -0.2) is 41.4 Å². The minimum absolute atomic E-state index is 0. The van der Waals surface area contributed by atoms with Gasteiger partial charge in [-0.3, -0.25) is 8.42 Å². The zero-order valence-corrected chi connectivity index (χ0v) is 7.77. The van der Waals surface area contributed by atoms with Crippen LogP contribution in [-0.2, 0) is 27.5 Å². The minimum atomic E-state index is -5.17.